The topological polar surface area (TPSA) is 38.7 Å². The zero-order chi connectivity index (χ0) is 14.1. The van der Waals surface area contributed by atoms with Crippen molar-refractivity contribution in [3.8, 4) is 11.5 Å². The second kappa shape index (κ2) is 5.31. The summed E-state index contributed by atoms with van der Waals surface area (Å²) in [6.07, 6.45) is -1.02. The molecule has 0 aliphatic carbocycles. The second-order valence-corrected chi connectivity index (χ2v) is 4.88. The Morgan fingerprint density at radius 3 is 2.60 bits per heavy atom. The predicted octanol–water partition coefficient (Wildman–Crippen LogP) is 3.33. The van der Waals surface area contributed by atoms with Gasteiger partial charge >= 0.3 is 0 Å². The molecule has 0 spiro atoms. The molecule has 1 aliphatic heterocycles. The fourth-order valence-corrected chi connectivity index (χ4v) is 2.35. The molecule has 5 heteroatoms. The summed E-state index contributed by atoms with van der Waals surface area (Å²) in [5, 5.41) is 10.7. The maximum absolute atomic E-state index is 13.3. The molecule has 0 fully saturated rings. The van der Waals surface area contributed by atoms with Crippen LogP contribution in [0.4, 0.5) is 4.39 Å². The predicted molar refractivity (Wildman–Crippen MR) is 72.9 cm³/mol. The van der Waals surface area contributed by atoms with Gasteiger partial charge < -0.3 is 14.6 Å². The van der Waals surface area contributed by atoms with Gasteiger partial charge in [-0.25, -0.2) is 4.39 Å². The molecule has 2 aromatic rings. The lowest BCUT2D eigenvalue weighted by Gasteiger charge is -2.20. The number of ether oxygens (including phenoxy) is 2. The third-order valence-electron chi connectivity index (χ3n) is 3.13. The van der Waals surface area contributed by atoms with Crippen LogP contribution in [0.3, 0.4) is 0 Å². The molecule has 3 nitrogen and oxygen atoms in total. The van der Waals surface area contributed by atoms with Gasteiger partial charge in [-0.2, -0.15) is 0 Å². The number of rotatable bonds is 2. The normalized spacial score (nSPS) is 14.9. The number of hydrogen-bond donors (Lipinski definition) is 1. The molecule has 1 atom stereocenters. The zero-order valence-electron chi connectivity index (χ0n) is 10.5. The summed E-state index contributed by atoms with van der Waals surface area (Å²) in [6.45, 7) is 0.970. The van der Waals surface area contributed by atoms with E-state index in [1.807, 2.05) is 0 Å². The maximum atomic E-state index is 13.3. The van der Waals surface area contributed by atoms with E-state index in [0.717, 1.165) is 0 Å². The lowest BCUT2D eigenvalue weighted by atomic mass is 10.0. The van der Waals surface area contributed by atoms with Gasteiger partial charge in [-0.05, 0) is 35.9 Å². The number of aliphatic hydroxyl groups excluding tert-OH is 1. The van der Waals surface area contributed by atoms with Crippen molar-refractivity contribution < 1.29 is 19.0 Å². The Bertz CT molecular complexity index is 645. The van der Waals surface area contributed by atoms with Gasteiger partial charge in [0.2, 0.25) is 0 Å². The summed E-state index contributed by atoms with van der Waals surface area (Å²) in [4.78, 5) is 0. The number of halogens is 2. The fraction of sp³-hybridized carbons (Fsp3) is 0.200. The summed E-state index contributed by atoms with van der Waals surface area (Å²) in [5.74, 6) is 0.763. The lowest BCUT2D eigenvalue weighted by Crippen LogP contribution is -2.15. The van der Waals surface area contributed by atoms with Crippen LogP contribution in [-0.2, 0) is 0 Å². The Morgan fingerprint density at radius 1 is 1.05 bits per heavy atom. The SMILES string of the molecule is OC(c1ccc2c(c1)OCCO2)c1cc(F)ccc1Cl. The first-order valence-electron chi connectivity index (χ1n) is 6.18. The standard InChI is InChI=1S/C15H12ClFO3/c16-12-3-2-10(17)8-11(12)15(18)9-1-4-13-14(7-9)20-6-5-19-13/h1-4,7-8,15,18H,5-6H2. The Labute approximate surface area is 120 Å². The largest absolute Gasteiger partial charge is 0.486 e. The summed E-state index contributed by atoms with van der Waals surface area (Å²) in [6, 6.07) is 9.01. The van der Waals surface area contributed by atoms with Crippen molar-refractivity contribution in [2.45, 2.75) is 6.10 Å². The molecule has 0 saturated heterocycles. The summed E-state index contributed by atoms with van der Waals surface area (Å²) in [7, 11) is 0. The van der Waals surface area contributed by atoms with Gasteiger partial charge in [-0.15, -0.1) is 0 Å². The first kappa shape index (κ1) is 13.2. The Balaban J connectivity index is 1.97. The molecular weight excluding hydrogens is 283 g/mol. The van der Waals surface area contributed by atoms with E-state index in [1.54, 1.807) is 18.2 Å². The monoisotopic (exact) mass is 294 g/mol. The first-order chi connectivity index (χ1) is 9.65. The average Bonchev–Trinajstić information content (AvgIpc) is 2.48. The molecule has 1 N–H and O–H groups in total. The van der Waals surface area contributed by atoms with Crippen LogP contribution < -0.4 is 9.47 Å². The van der Waals surface area contributed by atoms with E-state index >= 15 is 0 Å². The number of fused-ring (bicyclic) bond motifs is 1. The number of aliphatic hydroxyl groups is 1. The van der Waals surface area contributed by atoms with Crippen molar-refractivity contribution in [2.75, 3.05) is 13.2 Å². The zero-order valence-corrected chi connectivity index (χ0v) is 11.2. The van der Waals surface area contributed by atoms with Crippen LogP contribution >= 0.6 is 11.6 Å². The summed E-state index contributed by atoms with van der Waals surface area (Å²) in [5.41, 5.74) is 0.894. The van der Waals surface area contributed by atoms with E-state index < -0.39 is 11.9 Å². The van der Waals surface area contributed by atoms with E-state index in [-0.39, 0.29) is 0 Å². The molecule has 0 bridgehead atoms. The van der Waals surface area contributed by atoms with Gasteiger partial charge in [0.05, 0.1) is 0 Å². The molecule has 0 saturated carbocycles. The van der Waals surface area contributed by atoms with E-state index in [0.29, 0.717) is 40.9 Å². The lowest BCUT2D eigenvalue weighted by molar-refractivity contribution is 0.169. The minimum absolute atomic E-state index is 0.314. The van der Waals surface area contributed by atoms with Crippen LogP contribution in [0.5, 0.6) is 11.5 Å². The van der Waals surface area contributed by atoms with Crippen LogP contribution in [-0.4, -0.2) is 18.3 Å². The van der Waals surface area contributed by atoms with Crippen LogP contribution in [0.15, 0.2) is 36.4 Å². The summed E-state index contributed by atoms with van der Waals surface area (Å²) < 4.78 is 24.2. The molecule has 1 heterocycles. The second-order valence-electron chi connectivity index (χ2n) is 4.47. The van der Waals surface area contributed by atoms with Gasteiger partial charge in [0.1, 0.15) is 25.1 Å². The fourth-order valence-electron chi connectivity index (χ4n) is 2.13. The van der Waals surface area contributed by atoms with E-state index in [2.05, 4.69) is 0 Å². The molecule has 104 valence electrons. The Morgan fingerprint density at radius 2 is 1.80 bits per heavy atom. The quantitative estimate of drug-likeness (QED) is 0.923. The molecule has 0 amide bonds. The molecule has 2 aromatic carbocycles. The van der Waals surface area contributed by atoms with Crippen molar-refractivity contribution in [1.29, 1.82) is 0 Å². The van der Waals surface area contributed by atoms with E-state index in [1.165, 1.54) is 18.2 Å². The van der Waals surface area contributed by atoms with E-state index in [9.17, 15) is 9.50 Å². The van der Waals surface area contributed by atoms with Crippen LogP contribution in [0.2, 0.25) is 5.02 Å². The Hall–Kier alpha value is -1.78. The van der Waals surface area contributed by atoms with Crippen molar-refractivity contribution in [3.63, 3.8) is 0 Å². The minimum Gasteiger partial charge on any atom is -0.486 e. The van der Waals surface area contributed by atoms with Crippen molar-refractivity contribution in [1.82, 2.24) is 0 Å². The highest BCUT2D eigenvalue weighted by atomic mass is 35.5. The van der Waals surface area contributed by atoms with Gasteiger partial charge in [0.25, 0.3) is 0 Å². The molecule has 20 heavy (non-hydrogen) atoms. The van der Waals surface area contributed by atoms with Gasteiger partial charge in [-0.3, -0.25) is 0 Å². The molecule has 0 aromatic heterocycles. The van der Waals surface area contributed by atoms with Gasteiger partial charge in [-0.1, -0.05) is 17.7 Å². The molecule has 3 rings (SSSR count). The third kappa shape index (κ3) is 2.44. The smallest absolute Gasteiger partial charge is 0.161 e. The molecule has 0 radical (unpaired) electrons. The van der Waals surface area contributed by atoms with Crippen molar-refractivity contribution in [2.24, 2.45) is 0 Å². The minimum atomic E-state index is -1.02. The average molecular weight is 295 g/mol. The van der Waals surface area contributed by atoms with Crippen molar-refractivity contribution >= 4 is 11.6 Å². The van der Waals surface area contributed by atoms with Crippen LogP contribution in [0.1, 0.15) is 17.2 Å². The number of hydrogen-bond acceptors (Lipinski definition) is 3. The van der Waals surface area contributed by atoms with Crippen LogP contribution in [0.25, 0.3) is 0 Å². The highest BCUT2D eigenvalue weighted by Crippen LogP contribution is 2.35. The first-order valence-corrected chi connectivity index (χ1v) is 6.55. The highest BCUT2D eigenvalue weighted by Gasteiger charge is 2.18. The third-order valence-corrected chi connectivity index (χ3v) is 3.48. The van der Waals surface area contributed by atoms with Crippen LogP contribution in [0, 0.1) is 5.82 Å². The Kier molecular flexibility index (Phi) is 3.51. The van der Waals surface area contributed by atoms with Crippen molar-refractivity contribution in [3.05, 3.63) is 58.4 Å². The van der Waals surface area contributed by atoms with E-state index in [4.69, 9.17) is 21.1 Å². The van der Waals surface area contributed by atoms with Gasteiger partial charge in [0.15, 0.2) is 11.5 Å². The molecular formula is C15H12ClFO3. The molecule has 1 unspecified atom stereocenters. The highest BCUT2D eigenvalue weighted by molar-refractivity contribution is 6.31. The number of benzene rings is 2. The van der Waals surface area contributed by atoms with Gasteiger partial charge in [0, 0.05) is 10.6 Å². The maximum Gasteiger partial charge on any atom is 0.161 e. The summed E-state index contributed by atoms with van der Waals surface area (Å²) >= 11 is 6.00. The molecule has 1 aliphatic rings.